The normalized spacial score (nSPS) is 13.1. The van der Waals surface area contributed by atoms with Crippen LogP contribution in [0.3, 0.4) is 0 Å². The number of hydrogen-bond donors (Lipinski definition) is 1. The van der Waals surface area contributed by atoms with Gasteiger partial charge in [-0.3, -0.25) is 0 Å². The van der Waals surface area contributed by atoms with E-state index in [4.69, 9.17) is 9.15 Å². The van der Waals surface area contributed by atoms with E-state index in [1.165, 1.54) is 12.1 Å². The maximum atomic E-state index is 13.3. The van der Waals surface area contributed by atoms with Gasteiger partial charge in [0.2, 0.25) is 0 Å². The minimum Gasteiger partial charge on any atom is -0.459 e. The Hall–Kier alpha value is -1.39. The van der Waals surface area contributed by atoms with Crippen LogP contribution in [0.1, 0.15) is 31.2 Å². The third-order valence-corrected chi connectivity index (χ3v) is 3.19. The molecule has 0 aliphatic heterocycles. The molecule has 2 rings (SSSR count). The van der Waals surface area contributed by atoms with Gasteiger partial charge in [-0.2, -0.15) is 0 Å². The highest BCUT2D eigenvalue weighted by Crippen LogP contribution is 2.30. The predicted octanol–water partition coefficient (Wildman–Crippen LogP) is 3.57. The summed E-state index contributed by atoms with van der Waals surface area (Å²) in [6.45, 7) is 7.99. The average molecular weight is 265 g/mol. The van der Waals surface area contributed by atoms with E-state index in [9.17, 15) is 4.39 Å². The molecular formula is C15H20FNO2. The van der Waals surface area contributed by atoms with E-state index in [1.807, 2.05) is 20.8 Å². The van der Waals surface area contributed by atoms with Gasteiger partial charge in [0.1, 0.15) is 17.2 Å². The second-order valence-corrected chi connectivity index (χ2v) is 4.50. The Labute approximate surface area is 112 Å². The summed E-state index contributed by atoms with van der Waals surface area (Å²) in [5, 5.41) is 4.17. The lowest BCUT2D eigenvalue weighted by molar-refractivity contribution is 0.117. The van der Waals surface area contributed by atoms with Crippen molar-refractivity contribution < 1.29 is 13.5 Å². The summed E-state index contributed by atoms with van der Waals surface area (Å²) in [6.07, 6.45) is 0. The molecule has 1 atom stereocenters. The summed E-state index contributed by atoms with van der Waals surface area (Å²) in [4.78, 5) is 0. The van der Waals surface area contributed by atoms with Gasteiger partial charge >= 0.3 is 0 Å². The topological polar surface area (TPSA) is 34.4 Å². The first-order valence-corrected chi connectivity index (χ1v) is 6.67. The molecule has 19 heavy (non-hydrogen) atoms. The van der Waals surface area contributed by atoms with Crippen LogP contribution in [0, 0.1) is 12.7 Å². The number of nitrogens with one attached hydrogen (secondary N) is 1. The monoisotopic (exact) mass is 265 g/mol. The molecule has 0 fully saturated rings. The molecule has 0 aliphatic rings. The molecule has 0 amide bonds. The molecular weight excluding hydrogens is 245 g/mol. The summed E-state index contributed by atoms with van der Waals surface area (Å²) in [5.41, 5.74) is 1.69. The number of halogens is 1. The molecule has 0 spiro atoms. The van der Waals surface area contributed by atoms with Crippen molar-refractivity contribution >= 4 is 11.0 Å². The summed E-state index contributed by atoms with van der Waals surface area (Å²) in [6, 6.07) is 4.60. The Morgan fingerprint density at radius 1 is 1.37 bits per heavy atom. The second kappa shape index (κ2) is 6.17. The smallest absolute Gasteiger partial charge is 0.134 e. The Balaban J connectivity index is 2.38. The molecule has 2 aromatic rings. The summed E-state index contributed by atoms with van der Waals surface area (Å²) in [5.74, 6) is 0.587. The van der Waals surface area contributed by atoms with E-state index in [-0.39, 0.29) is 11.9 Å². The van der Waals surface area contributed by atoms with Gasteiger partial charge in [0.05, 0.1) is 12.6 Å². The maximum Gasteiger partial charge on any atom is 0.134 e. The molecule has 3 nitrogen and oxygen atoms in total. The highest BCUT2D eigenvalue weighted by atomic mass is 19.1. The number of fused-ring (bicyclic) bond motifs is 1. The Kier molecular flexibility index (Phi) is 4.56. The standard InChI is InChI=1S/C15H20FNO2/c1-4-17-13(9-18-5-2)15-10(3)12-8-11(16)6-7-14(12)19-15/h6-8,13,17H,4-5,9H2,1-3H3. The van der Waals surface area contributed by atoms with Crippen molar-refractivity contribution in [1.29, 1.82) is 0 Å². The zero-order valence-corrected chi connectivity index (χ0v) is 11.6. The molecule has 0 radical (unpaired) electrons. The molecule has 104 valence electrons. The highest BCUT2D eigenvalue weighted by Gasteiger charge is 2.20. The van der Waals surface area contributed by atoms with Crippen molar-refractivity contribution in [1.82, 2.24) is 5.32 Å². The van der Waals surface area contributed by atoms with Crippen molar-refractivity contribution in [3.05, 3.63) is 35.3 Å². The van der Waals surface area contributed by atoms with E-state index in [1.54, 1.807) is 6.07 Å². The second-order valence-electron chi connectivity index (χ2n) is 4.50. The third kappa shape index (κ3) is 2.96. The molecule has 0 saturated carbocycles. The van der Waals surface area contributed by atoms with Crippen LogP contribution in [-0.4, -0.2) is 19.8 Å². The fourth-order valence-electron chi connectivity index (χ4n) is 2.25. The fraction of sp³-hybridized carbons (Fsp3) is 0.467. The first-order valence-electron chi connectivity index (χ1n) is 6.67. The Morgan fingerprint density at radius 2 is 2.16 bits per heavy atom. The quantitative estimate of drug-likeness (QED) is 0.867. The molecule has 1 aromatic carbocycles. The SMILES string of the molecule is CCNC(COCC)c1oc2ccc(F)cc2c1C. The Bertz CT molecular complexity index is 550. The minimum atomic E-state index is -0.243. The van der Waals surface area contributed by atoms with Crippen LogP contribution in [0.2, 0.25) is 0 Å². The molecule has 1 unspecified atom stereocenters. The van der Waals surface area contributed by atoms with Crippen LogP contribution < -0.4 is 5.32 Å². The number of aryl methyl sites for hydroxylation is 1. The van der Waals surface area contributed by atoms with Crippen molar-refractivity contribution in [2.75, 3.05) is 19.8 Å². The van der Waals surface area contributed by atoms with Gasteiger partial charge in [0.15, 0.2) is 0 Å². The molecule has 1 N–H and O–H groups in total. The van der Waals surface area contributed by atoms with E-state index < -0.39 is 0 Å². The van der Waals surface area contributed by atoms with Crippen LogP contribution in [0.25, 0.3) is 11.0 Å². The van der Waals surface area contributed by atoms with Gasteiger partial charge in [-0.1, -0.05) is 6.92 Å². The van der Waals surface area contributed by atoms with Gasteiger partial charge < -0.3 is 14.5 Å². The average Bonchev–Trinajstić information content (AvgIpc) is 2.72. The number of likely N-dealkylation sites (N-methyl/N-ethyl adjacent to an activating group) is 1. The third-order valence-electron chi connectivity index (χ3n) is 3.19. The van der Waals surface area contributed by atoms with Crippen LogP contribution in [0.4, 0.5) is 4.39 Å². The van der Waals surface area contributed by atoms with Crippen molar-refractivity contribution in [3.63, 3.8) is 0 Å². The van der Waals surface area contributed by atoms with Crippen molar-refractivity contribution in [2.24, 2.45) is 0 Å². The lowest BCUT2D eigenvalue weighted by atomic mass is 10.1. The van der Waals surface area contributed by atoms with Gasteiger partial charge in [0.25, 0.3) is 0 Å². The van der Waals surface area contributed by atoms with Crippen molar-refractivity contribution in [3.8, 4) is 0 Å². The summed E-state index contributed by atoms with van der Waals surface area (Å²) < 4.78 is 24.6. The van der Waals surface area contributed by atoms with E-state index in [0.29, 0.717) is 18.8 Å². The highest BCUT2D eigenvalue weighted by molar-refractivity contribution is 5.82. The van der Waals surface area contributed by atoms with Crippen LogP contribution in [-0.2, 0) is 4.74 Å². The number of ether oxygens (including phenoxy) is 1. The van der Waals surface area contributed by atoms with Crippen molar-refractivity contribution in [2.45, 2.75) is 26.8 Å². The molecule has 1 heterocycles. The van der Waals surface area contributed by atoms with E-state index in [0.717, 1.165) is 23.3 Å². The fourth-order valence-corrected chi connectivity index (χ4v) is 2.25. The van der Waals surface area contributed by atoms with E-state index >= 15 is 0 Å². The number of hydrogen-bond acceptors (Lipinski definition) is 3. The van der Waals surface area contributed by atoms with Crippen LogP contribution >= 0.6 is 0 Å². The molecule has 1 aromatic heterocycles. The van der Waals surface area contributed by atoms with Crippen LogP contribution in [0.5, 0.6) is 0 Å². The summed E-state index contributed by atoms with van der Waals surface area (Å²) in [7, 11) is 0. The van der Waals surface area contributed by atoms with Gasteiger partial charge in [0, 0.05) is 17.6 Å². The lowest BCUT2D eigenvalue weighted by Crippen LogP contribution is -2.25. The van der Waals surface area contributed by atoms with Crippen LogP contribution in [0.15, 0.2) is 22.6 Å². The number of benzene rings is 1. The van der Waals surface area contributed by atoms with Gasteiger partial charge in [-0.05, 0) is 38.6 Å². The molecule has 0 saturated heterocycles. The first kappa shape index (κ1) is 14.0. The maximum absolute atomic E-state index is 13.3. The molecule has 0 aliphatic carbocycles. The van der Waals surface area contributed by atoms with E-state index in [2.05, 4.69) is 5.32 Å². The zero-order chi connectivity index (χ0) is 13.8. The van der Waals surface area contributed by atoms with Gasteiger partial charge in [-0.15, -0.1) is 0 Å². The lowest BCUT2D eigenvalue weighted by Gasteiger charge is -2.16. The zero-order valence-electron chi connectivity index (χ0n) is 11.6. The molecule has 4 heteroatoms. The minimum absolute atomic E-state index is 0.000381. The predicted molar refractivity (Wildman–Crippen MR) is 73.8 cm³/mol. The largest absolute Gasteiger partial charge is 0.459 e. The van der Waals surface area contributed by atoms with Gasteiger partial charge in [-0.25, -0.2) is 4.39 Å². The summed E-state index contributed by atoms with van der Waals surface area (Å²) >= 11 is 0. The number of rotatable bonds is 6. The first-order chi connectivity index (χ1) is 9.17. The Morgan fingerprint density at radius 3 is 2.84 bits per heavy atom. The number of furan rings is 1. The molecule has 0 bridgehead atoms.